The lowest BCUT2D eigenvalue weighted by atomic mass is 9.96. The molecule has 3 rings (SSSR count). The van der Waals surface area contributed by atoms with E-state index < -0.39 is 0 Å². The molecule has 0 aliphatic carbocycles. The molecule has 0 radical (unpaired) electrons. The molecule has 1 heterocycles. The van der Waals surface area contributed by atoms with Crippen molar-refractivity contribution in [3.63, 3.8) is 0 Å². The first kappa shape index (κ1) is 18.4. The summed E-state index contributed by atoms with van der Waals surface area (Å²) in [5.41, 5.74) is 3.16. The number of nitrogens with zero attached hydrogens (tertiary/aromatic N) is 1. The summed E-state index contributed by atoms with van der Waals surface area (Å²) in [5.74, 6) is -0.0870. The average Bonchev–Trinajstić information content (AvgIpc) is 2.68. The van der Waals surface area contributed by atoms with Gasteiger partial charge in [-0.25, -0.2) is 0 Å². The molecule has 0 bridgehead atoms. The number of carbonyl (C=O) groups is 1. The first-order valence-electron chi connectivity index (χ1n) is 9.54. The standard InChI is InChI=1S/C23H28N2O/c1-25-18-8-7-12-21(25)16-15-20-11-5-6-13-22(20)24-23(26)17-14-19-9-3-2-4-10-19/h2-6,9-11,13-14,17,21H,7-8,12,15-16,18H2,1H3,(H,24,26)/t21-/m0/s1. The van der Waals surface area contributed by atoms with Crippen LogP contribution in [0.25, 0.3) is 6.08 Å². The Hall–Kier alpha value is -2.39. The van der Waals surface area contributed by atoms with Crippen LogP contribution in [0.5, 0.6) is 0 Å². The Kier molecular flexibility index (Phi) is 6.62. The number of carbonyl (C=O) groups excluding carboxylic acids is 1. The van der Waals surface area contributed by atoms with Gasteiger partial charge in [0.1, 0.15) is 0 Å². The van der Waals surface area contributed by atoms with Gasteiger partial charge in [-0.1, -0.05) is 55.0 Å². The van der Waals surface area contributed by atoms with Crippen molar-refractivity contribution < 1.29 is 4.79 Å². The molecular formula is C23H28N2O. The van der Waals surface area contributed by atoms with Gasteiger partial charge in [0.05, 0.1) is 0 Å². The highest BCUT2D eigenvalue weighted by Crippen LogP contribution is 2.23. The molecule has 1 atom stereocenters. The predicted octanol–water partition coefficient (Wildman–Crippen LogP) is 4.76. The molecule has 1 aliphatic heterocycles. The van der Waals surface area contributed by atoms with Gasteiger partial charge in [-0.2, -0.15) is 0 Å². The van der Waals surface area contributed by atoms with Crippen molar-refractivity contribution in [2.75, 3.05) is 18.9 Å². The Morgan fingerprint density at radius 2 is 1.88 bits per heavy atom. The van der Waals surface area contributed by atoms with E-state index in [1.807, 2.05) is 48.5 Å². The average molecular weight is 348 g/mol. The van der Waals surface area contributed by atoms with Crippen molar-refractivity contribution in [1.82, 2.24) is 4.90 Å². The molecule has 2 aromatic carbocycles. The molecule has 3 heteroatoms. The predicted molar refractivity (Wildman–Crippen MR) is 109 cm³/mol. The summed E-state index contributed by atoms with van der Waals surface area (Å²) in [4.78, 5) is 14.8. The number of anilines is 1. The summed E-state index contributed by atoms with van der Waals surface area (Å²) < 4.78 is 0. The summed E-state index contributed by atoms with van der Waals surface area (Å²) >= 11 is 0. The fraction of sp³-hybridized carbons (Fsp3) is 0.348. The van der Waals surface area contributed by atoms with Crippen molar-refractivity contribution in [1.29, 1.82) is 0 Å². The molecule has 2 aromatic rings. The fourth-order valence-electron chi connectivity index (χ4n) is 3.60. The van der Waals surface area contributed by atoms with Crippen molar-refractivity contribution in [2.24, 2.45) is 0 Å². The van der Waals surface area contributed by atoms with E-state index >= 15 is 0 Å². The van der Waals surface area contributed by atoms with Crippen LogP contribution in [0.2, 0.25) is 0 Å². The second-order valence-corrected chi connectivity index (χ2v) is 7.06. The molecule has 0 spiro atoms. The van der Waals surface area contributed by atoms with Crippen LogP contribution in [0.15, 0.2) is 60.7 Å². The number of hydrogen-bond acceptors (Lipinski definition) is 2. The van der Waals surface area contributed by atoms with Crippen LogP contribution in [0.1, 0.15) is 36.8 Å². The molecule has 1 amide bonds. The molecular weight excluding hydrogens is 320 g/mol. The van der Waals surface area contributed by atoms with Crippen molar-refractivity contribution in [3.8, 4) is 0 Å². The number of amides is 1. The third-order valence-corrected chi connectivity index (χ3v) is 5.17. The molecule has 1 aliphatic rings. The number of likely N-dealkylation sites (tertiary alicyclic amines) is 1. The summed E-state index contributed by atoms with van der Waals surface area (Å²) in [6.45, 7) is 1.20. The van der Waals surface area contributed by atoms with Crippen LogP contribution in [0.3, 0.4) is 0 Å². The zero-order chi connectivity index (χ0) is 18.2. The van der Waals surface area contributed by atoms with E-state index in [2.05, 4.69) is 29.4 Å². The molecule has 1 saturated heterocycles. The number of para-hydroxylation sites is 1. The molecule has 0 aromatic heterocycles. The molecule has 26 heavy (non-hydrogen) atoms. The third kappa shape index (κ3) is 5.30. The highest BCUT2D eigenvalue weighted by Gasteiger charge is 2.18. The van der Waals surface area contributed by atoms with Gasteiger partial charge in [0.15, 0.2) is 0 Å². The van der Waals surface area contributed by atoms with Gasteiger partial charge in [0.25, 0.3) is 0 Å². The van der Waals surface area contributed by atoms with E-state index in [1.54, 1.807) is 6.08 Å². The SMILES string of the molecule is CN1CCCC[C@H]1CCc1ccccc1NC(=O)C=Cc1ccccc1. The van der Waals surface area contributed by atoms with E-state index in [9.17, 15) is 4.79 Å². The van der Waals surface area contributed by atoms with Crippen molar-refractivity contribution in [3.05, 3.63) is 71.8 Å². The maximum Gasteiger partial charge on any atom is 0.248 e. The van der Waals surface area contributed by atoms with Gasteiger partial charge in [-0.3, -0.25) is 4.79 Å². The minimum Gasteiger partial charge on any atom is -0.322 e. The number of piperidine rings is 1. The van der Waals surface area contributed by atoms with Crippen LogP contribution in [0, 0.1) is 0 Å². The Morgan fingerprint density at radius 1 is 1.12 bits per heavy atom. The molecule has 0 saturated carbocycles. The zero-order valence-electron chi connectivity index (χ0n) is 15.5. The second kappa shape index (κ2) is 9.35. The topological polar surface area (TPSA) is 32.3 Å². The summed E-state index contributed by atoms with van der Waals surface area (Å²) in [6, 6.07) is 18.7. The van der Waals surface area contributed by atoms with E-state index in [0.717, 1.165) is 24.1 Å². The maximum absolute atomic E-state index is 12.3. The Morgan fingerprint density at radius 3 is 2.69 bits per heavy atom. The normalized spacial score (nSPS) is 18.1. The summed E-state index contributed by atoms with van der Waals surface area (Å²) in [5, 5.41) is 3.04. The van der Waals surface area contributed by atoms with Crippen LogP contribution in [-0.2, 0) is 11.2 Å². The summed E-state index contributed by atoms with van der Waals surface area (Å²) in [6.07, 6.45) is 9.50. The van der Waals surface area contributed by atoms with Gasteiger partial charge in [-0.05, 0) is 62.5 Å². The van der Waals surface area contributed by atoms with Crippen LogP contribution in [-0.4, -0.2) is 30.4 Å². The van der Waals surface area contributed by atoms with Crippen LogP contribution >= 0.6 is 0 Å². The number of nitrogens with one attached hydrogen (secondary N) is 1. The molecule has 1 N–H and O–H groups in total. The smallest absolute Gasteiger partial charge is 0.248 e. The van der Waals surface area contributed by atoms with E-state index in [1.165, 1.54) is 31.4 Å². The lowest BCUT2D eigenvalue weighted by Crippen LogP contribution is -2.36. The van der Waals surface area contributed by atoms with E-state index in [4.69, 9.17) is 0 Å². The van der Waals surface area contributed by atoms with E-state index in [0.29, 0.717) is 6.04 Å². The lowest BCUT2D eigenvalue weighted by Gasteiger charge is -2.32. The number of aryl methyl sites for hydroxylation is 1. The fourth-order valence-corrected chi connectivity index (χ4v) is 3.60. The second-order valence-electron chi connectivity index (χ2n) is 7.06. The molecule has 1 fully saturated rings. The minimum absolute atomic E-state index is 0.0870. The van der Waals surface area contributed by atoms with Gasteiger partial charge >= 0.3 is 0 Å². The zero-order valence-corrected chi connectivity index (χ0v) is 15.5. The first-order chi connectivity index (χ1) is 12.7. The number of hydrogen-bond donors (Lipinski definition) is 1. The van der Waals surface area contributed by atoms with Gasteiger partial charge in [-0.15, -0.1) is 0 Å². The van der Waals surface area contributed by atoms with Crippen molar-refractivity contribution >= 4 is 17.7 Å². The van der Waals surface area contributed by atoms with Crippen LogP contribution in [0.4, 0.5) is 5.69 Å². The number of rotatable bonds is 6. The third-order valence-electron chi connectivity index (χ3n) is 5.17. The van der Waals surface area contributed by atoms with Gasteiger partial charge in [0.2, 0.25) is 5.91 Å². The Bertz CT molecular complexity index is 739. The largest absolute Gasteiger partial charge is 0.322 e. The van der Waals surface area contributed by atoms with Gasteiger partial charge in [0, 0.05) is 17.8 Å². The van der Waals surface area contributed by atoms with Crippen LogP contribution < -0.4 is 5.32 Å². The number of benzene rings is 2. The maximum atomic E-state index is 12.3. The monoisotopic (exact) mass is 348 g/mol. The molecule has 136 valence electrons. The van der Waals surface area contributed by atoms with E-state index in [-0.39, 0.29) is 5.91 Å². The molecule has 0 unspecified atom stereocenters. The quantitative estimate of drug-likeness (QED) is 0.764. The highest BCUT2D eigenvalue weighted by atomic mass is 16.1. The highest BCUT2D eigenvalue weighted by molar-refractivity contribution is 6.02. The first-order valence-corrected chi connectivity index (χ1v) is 9.54. The Labute approximate surface area is 156 Å². The summed E-state index contributed by atoms with van der Waals surface area (Å²) in [7, 11) is 2.23. The molecule has 3 nitrogen and oxygen atoms in total. The lowest BCUT2D eigenvalue weighted by molar-refractivity contribution is -0.111. The van der Waals surface area contributed by atoms with Gasteiger partial charge < -0.3 is 10.2 Å². The Balaban J connectivity index is 1.59. The minimum atomic E-state index is -0.0870. The van der Waals surface area contributed by atoms with Crippen molar-refractivity contribution in [2.45, 2.75) is 38.1 Å².